The van der Waals surface area contributed by atoms with E-state index in [-0.39, 0.29) is 0 Å². The molecule has 1 aliphatic heterocycles. The molecule has 4 rings (SSSR count). The highest BCUT2D eigenvalue weighted by Crippen LogP contribution is 2.32. The van der Waals surface area contributed by atoms with Gasteiger partial charge in [0.05, 0.1) is 16.3 Å². The zero-order valence-electron chi connectivity index (χ0n) is 16.6. The van der Waals surface area contributed by atoms with Crippen LogP contribution in [0.2, 0.25) is 5.02 Å². The summed E-state index contributed by atoms with van der Waals surface area (Å²) in [6.07, 6.45) is 0.565. The van der Waals surface area contributed by atoms with Crippen LogP contribution >= 0.6 is 23.4 Å². The molecule has 10 heteroatoms. The Balaban J connectivity index is 1.62. The molecule has 2 aromatic heterocycles. The van der Waals surface area contributed by atoms with Gasteiger partial charge < -0.3 is 10.2 Å². The minimum absolute atomic E-state index is 0.537. The van der Waals surface area contributed by atoms with E-state index in [1.165, 1.54) is 23.9 Å². The molecule has 0 bridgehead atoms. The maximum absolute atomic E-state index is 12.9. The second-order valence-corrected chi connectivity index (χ2v) is 8.16. The fourth-order valence-corrected chi connectivity index (χ4v) is 4.10. The molecule has 0 unspecified atom stereocenters. The van der Waals surface area contributed by atoms with E-state index in [0.717, 1.165) is 29.2 Å². The third-order valence-corrected chi connectivity index (χ3v) is 5.86. The third kappa shape index (κ3) is 4.88. The number of pyridine rings is 1. The highest BCUT2D eigenvalue weighted by Gasteiger charge is 2.30. The lowest BCUT2D eigenvalue weighted by Gasteiger charge is -2.22. The molecule has 0 spiro atoms. The topological polar surface area (TPSA) is 53.9 Å². The quantitative estimate of drug-likeness (QED) is 0.399. The number of anilines is 3. The van der Waals surface area contributed by atoms with Crippen LogP contribution in [-0.4, -0.2) is 34.3 Å². The van der Waals surface area contributed by atoms with Crippen LogP contribution in [0.15, 0.2) is 47.8 Å². The fraction of sp³-hybridized carbons (Fsp3) is 0.286. The third-order valence-electron chi connectivity index (χ3n) is 5.02. The van der Waals surface area contributed by atoms with Gasteiger partial charge in [0.15, 0.2) is 5.16 Å². The maximum Gasteiger partial charge on any atom is 0.416 e. The lowest BCUT2D eigenvalue weighted by molar-refractivity contribution is -0.137. The van der Waals surface area contributed by atoms with Gasteiger partial charge in [-0.05, 0) is 49.1 Å². The molecule has 0 fully saturated rings. The van der Waals surface area contributed by atoms with Crippen molar-refractivity contribution >= 4 is 40.7 Å². The van der Waals surface area contributed by atoms with Crippen LogP contribution in [0.1, 0.15) is 16.8 Å². The van der Waals surface area contributed by atoms with Crippen LogP contribution in [0.5, 0.6) is 0 Å². The van der Waals surface area contributed by atoms with Crippen LogP contribution in [0.3, 0.4) is 0 Å². The summed E-state index contributed by atoms with van der Waals surface area (Å²) >= 11 is 7.75. The molecule has 1 aromatic carbocycles. The molecule has 0 saturated carbocycles. The molecule has 162 valence electrons. The Bertz CT molecular complexity index is 1080. The van der Waals surface area contributed by atoms with Crippen LogP contribution < -0.4 is 10.2 Å². The number of thioether (sulfide) groups is 1. The Hall–Kier alpha value is -2.52. The van der Waals surface area contributed by atoms with E-state index in [1.807, 2.05) is 12.3 Å². The summed E-state index contributed by atoms with van der Waals surface area (Å²) in [6, 6.07) is 8.54. The van der Waals surface area contributed by atoms with E-state index in [9.17, 15) is 13.2 Å². The minimum Gasteiger partial charge on any atom is -0.355 e. The molecule has 0 saturated heterocycles. The van der Waals surface area contributed by atoms with E-state index >= 15 is 0 Å². The van der Waals surface area contributed by atoms with Gasteiger partial charge in [-0.15, -0.1) is 0 Å². The van der Waals surface area contributed by atoms with Crippen molar-refractivity contribution in [1.29, 1.82) is 0 Å². The van der Waals surface area contributed by atoms with Crippen molar-refractivity contribution in [3.63, 3.8) is 0 Å². The Morgan fingerprint density at radius 2 is 1.81 bits per heavy atom. The lowest BCUT2D eigenvalue weighted by Crippen LogP contribution is -2.27. The summed E-state index contributed by atoms with van der Waals surface area (Å²) in [5, 5.41) is 4.39. The molecule has 0 amide bonds. The molecule has 5 nitrogen and oxygen atoms in total. The van der Waals surface area contributed by atoms with Gasteiger partial charge in [-0.3, -0.25) is 0 Å². The van der Waals surface area contributed by atoms with Crippen molar-refractivity contribution in [2.45, 2.75) is 24.2 Å². The molecule has 3 aromatic rings. The number of hydrogen-bond donors (Lipinski definition) is 1. The SMILES string of the molecule is CSc1nc2c(c(Nc3ccc(C(F)(F)F)cc3)n1)CCN(c1ncccc1Cl)CC2. The molecule has 3 heterocycles. The standard InChI is InChI=1S/C21H19ClF3N5S/c1-31-20-28-17-9-12-30(19-16(22)3-2-10-26-19)11-8-15(17)18(29-20)27-14-6-4-13(5-7-14)21(23,24)25/h2-7,10H,8-9,11-12H2,1H3,(H,27,28,29). The summed E-state index contributed by atoms with van der Waals surface area (Å²) < 4.78 is 38.6. The summed E-state index contributed by atoms with van der Waals surface area (Å²) in [6.45, 7) is 1.38. The first kappa shape index (κ1) is 21.7. The van der Waals surface area contributed by atoms with Crippen LogP contribution in [0.25, 0.3) is 0 Å². The normalized spacial score (nSPS) is 14.2. The molecule has 0 aliphatic carbocycles. The minimum atomic E-state index is -4.37. The molecule has 0 atom stereocenters. The van der Waals surface area contributed by atoms with E-state index in [2.05, 4.69) is 25.2 Å². The molecule has 1 aliphatic rings. The molecular weight excluding hydrogens is 447 g/mol. The number of aromatic nitrogens is 3. The number of rotatable bonds is 4. The number of nitrogens with one attached hydrogen (secondary N) is 1. The highest BCUT2D eigenvalue weighted by molar-refractivity contribution is 7.98. The van der Waals surface area contributed by atoms with Crippen molar-refractivity contribution in [2.24, 2.45) is 0 Å². The summed E-state index contributed by atoms with van der Waals surface area (Å²) in [5.74, 6) is 1.34. The monoisotopic (exact) mass is 465 g/mol. The van der Waals surface area contributed by atoms with Crippen LogP contribution in [-0.2, 0) is 19.0 Å². The number of halogens is 4. The Kier molecular flexibility index (Phi) is 6.24. The number of benzene rings is 1. The first-order valence-electron chi connectivity index (χ1n) is 9.58. The van der Waals surface area contributed by atoms with Gasteiger partial charge in [0.25, 0.3) is 0 Å². The number of hydrogen-bond acceptors (Lipinski definition) is 6. The van der Waals surface area contributed by atoms with E-state index in [4.69, 9.17) is 11.6 Å². The van der Waals surface area contributed by atoms with Gasteiger partial charge in [-0.25, -0.2) is 15.0 Å². The van der Waals surface area contributed by atoms with Gasteiger partial charge in [0, 0.05) is 37.0 Å². The first-order valence-corrected chi connectivity index (χ1v) is 11.2. The van der Waals surface area contributed by atoms with Gasteiger partial charge in [0.2, 0.25) is 0 Å². The van der Waals surface area contributed by atoms with Gasteiger partial charge in [-0.1, -0.05) is 23.4 Å². The zero-order valence-corrected chi connectivity index (χ0v) is 18.2. The van der Waals surface area contributed by atoms with E-state index in [0.29, 0.717) is 47.6 Å². The molecular formula is C21H19ClF3N5S. The Labute approximate surface area is 187 Å². The van der Waals surface area contributed by atoms with E-state index < -0.39 is 11.7 Å². The number of fused-ring (bicyclic) bond motifs is 1. The van der Waals surface area contributed by atoms with Crippen molar-refractivity contribution in [1.82, 2.24) is 15.0 Å². The predicted molar refractivity (Wildman–Crippen MR) is 117 cm³/mol. The lowest BCUT2D eigenvalue weighted by atomic mass is 10.1. The molecule has 0 radical (unpaired) electrons. The number of alkyl halides is 3. The van der Waals surface area contributed by atoms with Crippen molar-refractivity contribution in [3.8, 4) is 0 Å². The Morgan fingerprint density at radius 3 is 2.48 bits per heavy atom. The Morgan fingerprint density at radius 1 is 1.06 bits per heavy atom. The smallest absolute Gasteiger partial charge is 0.355 e. The fourth-order valence-electron chi connectivity index (χ4n) is 3.47. The summed E-state index contributed by atoms with van der Waals surface area (Å²) in [4.78, 5) is 15.8. The van der Waals surface area contributed by atoms with Gasteiger partial charge in [-0.2, -0.15) is 13.2 Å². The summed E-state index contributed by atoms with van der Waals surface area (Å²) in [5.41, 5.74) is 1.72. The predicted octanol–water partition coefficient (Wildman–Crippen LogP) is 5.61. The second-order valence-electron chi connectivity index (χ2n) is 6.98. The van der Waals surface area contributed by atoms with Crippen LogP contribution in [0, 0.1) is 0 Å². The van der Waals surface area contributed by atoms with Gasteiger partial charge >= 0.3 is 6.18 Å². The maximum atomic E-state index is 12.9. The average molecular weight is 466 g/mol. The summed E-state index contributed by atoms with van der Waals surface area (Å²) in [7, 11) is 0. The number of nitrogens with zero attached hydrogens (tertiary/aromatic N) is 4. The molecule has 31 heavy (non-hydrogen) atoms. The second kappa shape index (κ2) is 8.92. The van der Waals surface area contributed by atoms with Crippen molar-refractivity contribution < 1.29 is 13.2 Å². The average Bonchev–Trinajstić information content (AvgIpc) is 2.96. The largest absolute Gasteiger partial charge is 0.416 e. The zero-order chi connectivity index (χ0) is 22.0. The van der Waals surface area contributed by atoms with Crippen LogP contribution in [0.4, 0.5) is 30.5 Å². The van der Waals surface area contributed by atoms with Gasteiger partial charge in [0.1, 0.15) is 11.6 Å². The van der Waals surface area contributed by atoms with Crippen molar-refractivity contribution in [3.05, 3.63) is 64.4 Å². The van der Waals surface area contributed by atoms with Crippen molar-refractivity contribution in [2.75, 3.05) is 29.6 Å². The molecule has 1 N–H and O–H groups in total. The first-order chi connectivity index (χ1) is 14.8. The highest BCUT2D eigenvalue weighted by atomic mass is 35.5. The van der Waals surface area contributed by atoms with E-state index in [1.54, 1.807) is 12.3 Å².